The number of rotatable bonds is 3. The van der Waals surface area contributed by atoms with Gasteiger partial charge >= 0.3 is 0 Å². The molecular formula is C14H22N2O3S2. The third kappa shape index (κ3) is 3.23. The Bertz CT molecular complexity index is 665. The SMILES string of the molecule is CC(=O)c1sc(N2CCC(C)(C)CC2)c(S(C)(=O)=O)c1N. The first-order chi connectivity index (χ1) is 9.53. The smallest absolute Gasteiger partial charge is 0.180 e. The van der Waals surface area contributed by atoms with E-state index in [9.17, 15) is 13.2 Å². The first-order valence-electron chi connectivity index (χ1n) is 6.91. The maximum Gasteiger partial charge on any atom is 0.180 e. The molecule has 2 rings (SSSR count). The van der Waals surface area contributed by atoms with E-state index >= 15 is 0 Å². The second-order valence-electron chi connectivity index (χ2n) is 6.46. The molecule has 2 heterocycles. The Morgan fingerprint density at radius 2 is 1.81 bits per heavy atom. The van der Waals surface area contributed by atoms with Crippen LogP contribution in [0.5, 0.6) is 0 Å². The maximum absolute atomic E-state index is 12.1. The van der Waals surface area contributed by atoms with Gasteiger partial charge in [-0.3, -0.25) is 4.79 Å². The molecule has 1 aliphatic heterocycles. The lowest BCUT2D eigenvalue weighted by molar-refractivity contribution is 0.102. The molecule has 2 N–H and O–H groups in total. The van der Waals surface area contributed by atoms with Gasteiger partial charge in [-0.05, 0) is 18.3 Å². The summed E-state index contributed by atoms with van der Waals surface area (Å²) in [7, 11) is -3.46. The largest absolute Gasteiger partial charge is 0.396 e. The number of piperidine rings is 1. The fourth-order valence-corrected chi connectivity index (χ4v) is 5.21. The molecule has 7 heteroatoms. The summed E-state index contributed by atoms with van der Waals surface area (Å²) in [4.78, 5) is 14.2. The van der Waals surface area contributed by atoms with Crippen LogP contribution in [0.2, 0.25) is 0 Å². The first-order valence-corrected chi connectivity index (χ1v) is 9.62. The second-order valence-corrected chi connectivity index (χ2v) is 9.41. The van der Waals surface area contributed by atoms with Crippen molar-refractivity contribution in [3.05, 3.63) is 4.88 Å². The predicted molar refractivity (Wildman–Crippen MR) is 87.1 cm³/mol. The Morgan fingerprint density at radius 3 is 2.24 bits per heavy atom. The van der Waals surface area contributed by atoms with Crippen molar-refractivity contribution in [3.63, 3.8) is 0 Å². The van der Waals surface area contributed by atoms with E-state index in [4.69, 9.17) is 5.73 Å². The zero-order valence-electron chi connectivity index (χ0n) is 12.9. The van der Waals surface area contributed by atoms with Crippen molar-refractivity contribution in [1.82, 2.24) is 0 Å². The monoisotopic (exact) mass is 330 g/mol. The molecule has 1 aliphatic rings. The minimum atomic E-state index is -3.46. The predicted octanol–water partition coefficient (Wildman–Crippen LogP) is 2.56. The average molecular weight is 330 g/mol. The van der Waals surface area contributed by atoms with Crippen molar-refractivity contribution in [2.75, 3.05) is 30.0 Å². The fourth-order valence-electron chi connectivity index (χ4n) is 2.56. The van der Waals surface area contributed by atoms with Crippen LogP contribution in [0.4, 0.5) is 10.7 Å². The summed E-state index contributed by atoms with van der Waals surface area (Å²) >= 11 is 1.20. The Kier molecular flexibility index (Phi) is 4.10. The Hall–Kier alpha value is -1.08. The van der Waals surface area contributed by atoms with Gasteiger partial charge in [0.2, 0.25) is 0 Å². The molecule has 0 amide bonds. The molecule has 0 saturated carbocycles. The fraction of sp³-hybridized carbons (Fsp3) is 0.643. The number of sulfone groups is 1. The van der Waals surface area contributed by atoms with E-state index in [1.54, 1.807) is 0 Å². The molecule has 1 aromatic heterocycles. The Balaban J connectivity index is 2.49. The topological polar surface area (TPSA) is 80.5 Å². The molecular weight excluding hydrogens is 308 g/mol. The zero-order chi connectivity index (χ0) is 16.0. The molecule has 0 aromatic carbocycles. The lowest BCUT2D eigenvalue weighted by Gasteiger charge is -2.37. The van der Waals surface area contributed by atoms with Gasteiger partial charge < -0.3 is 10.6 Å². The van der Waals surface area contributed by atoms with Gasteiger partial charge in [0.15, 0.2) is 15.6 Å². The number of carbonyl (C=O) groups excluding carboxylic acids is 1. The number of nitrogens with two attached hydrogens (primary N) is 1. The molecule has 0 atom stereocenters. The molecule has 1 saturated heterocycles. The summed E-state index contributed by atoms with van der Waals surface area (Å²) in [6.45, 7) is 7.41. The quantitative estimate of drug-likeness (QED) is 0.862. The summed E-state index contributed by atoms with van der Waals surface area (Å²) in [5.74, 6) is -0.189. The summed E-state index contributed by atoms with van der Waals surface area (Å²) in [6.07, 6.45) is 3.12. The van der Waals surface area contributed by atoms with Gasteiger partial charge in [0.25, 0.3) is 0 Å². The van der Waals surface area contributed by atoms with Gasteiger partial charge in [-0.2, -0.15) is 0 Å². The highest BCUT2D eigenvalue weighted by atomic mass is 32.2. The van der Waals surface area contributed by atoms with E-state index in [1.807, 2.05) is 0 Å². The first kappa shape index (κ1) is 16.3. The van der Waals surface area contributed by atoms with Crippen LogP contribution >= 0.6 is 11.3 Å². The lowest BCUT2D eigenvalue weighted by Crippen LogP contribution is -2.37. The van der Waals surface area contributed by atoms with Gasteiger partial charge in [0, 0.05) is 26.3 Å². The molecule has 0 radical (unpaired) electrons. The van der Waals surface area contributed by atoms with Crippen LogP contribution in [0.15, 0.2) is 4.90 Å². The van der Waals surface area contributed by atoms with Gasteiger partial charge in [-0.15, -0.1) is 11.3 Å². The van der Waals surface area contributed by atoms with Crippen molar-refractivity contribution >= 4 is 37.6 Å². The molecule has 5 nitrogen and oxygen atoms in total. The van der Waals surface area contributed by atoms with Crippen molar-refractivity contribution < 1.29 is 13.2 Å². The van der Waals surface area contributed by atoms with Crippen molar-refractivity contribution in [1.29, 1.82) is 0 Å². The third-order valence-electron chi connectivity index (χ3n) is 3.98. The number of anilines is 2. The Morgan fingerprint density at radius 1 is 1.29 bits per heavy atom. The number of Topliss-reactive ketones (excluding diaryl/α,β-unsaturated/α-hetero) is 1. The number of hydrogen-bond acceptors (Lipinski definition) is 6. The van der Waals surface area contributed by atoms with E-state index in [0.717, 1.165) is 32.2 Å². The maximum atomic E-state index is 12.1. The van der Waals surface area contributed by atoms with Crippen molar-refractivity contribution in [2.24, 2.45) is 5.41 Å². The second kappa shape index (κ2) is 5.28. The summed E-state index contributed by atoms with van der Waals surface area (Å²) in [5.41, 5.74) is 6.31. The molecule has 0 bridgehead atoms. The normalized spacial score (nSPS) is 18.8. The highest BCUT2D eigenvalue weighted by molar-refractivity contribution is 7.91. The minimum Gasteiger partial charge on any atom is -0.396 e. The van der Waals surface area contributed by atoms with Crippen LogP contribution in [-0.4, -0.2) is 33.5 Å². The number of hydrogen-bond donors (Lipinski definition) is 1. The number of thiophene rings is 1. The van der Waals surface area contributed by atoms with Crippen molar-refractivity contribution in [3.8, 4) is 0 Å². The van der Waals surface area contributed by atoms with E-state index < -0.39 is 9.84 Å². The molecule has 21 heavy (non-hydrogen) atoms. The summed E-state index contributed by atoms with van der Waals surface area (Å²) < 4.78 is 24.1. The average Bonchev–Trinajstić information content (AvgIpc) is 2.66. The van der Waals surface area contributed by atoms with E-state index in [-0.39, 0.29) is 21.8 Å². The van der Waals surface area contributed by atoms with E-state index in [2.05, 4.69) is 18.7 Å². The van der Waals surface area contributed by atoms with Crippen LogP contribution in [0.1, 0.15) is 43.3 Å². The van der Waals surface area contributed by atoms with Crippen LogP contribution in [0.25, 0.3) is 0 Å². The van der Waals surface area contributed by atoms with Crippen LogP contribution < -0.4 is 10.6 Å². The molecule has 118 valence electrons. The van der Waals surface area contributed by atoms with Crippen LogP contribution in [0.3, 0.4) is 0 Å². The minimum absolute atomic E-state index is 0.106. The van der Waals surface area contributed by atoms with Gasteiger partial charge in [-0.1, -0.05) is 13.8 Å². The summed E-state index contributed by atoms with van der Waals surface area (Å²) in [5, 5.41) is 0.621. The van der Waals surface area contributed by atoms with Crippen LogP contribution in [0, 0.1) is 5.41 Å². The number of ketones is 1. The van der Waals surface area contributed by atoms with E-state index in [1.165, 1.54) is 18.3 Å². The molecule has 1 aromatic rings. The lowest BCUT2D eigenvalue weighted by atomic mass is 9.83. The molecule has 0 aliphatic carbocycles. The standard InChI is InChI=1S/C14H22N2O3S2/c1-9(17)11-10(15)12(21(4,18)19)13(20-11)16-7-5-14(2,3)6-8-16/h5-8,15H2,1-4H3. The Labute approximate surface area is 130 Å². The zero-order valence-corrected chi connectivity index (χ0v) is 14.5. The number of nitrogen functional groups attached to an aromatic ring is 1. The number of nitrogens with zero attached hydrogens (tertiary/aromatic N) is 1. The molecule has 1 fully saturated rings. The molecule has 0 spiro atoms. The molecule has 0 unspecified atom stereocenters. The number of carbonyl (C=O) groups is 1. The highest BCUT2D eigenvalue weighted by Gasteiger charge is 2.32. The van der Waals surface area contributed by atoms with Gasteiger partial charge in [-0.25, -0.2) is 8.42 Å². The van der Waals surface area contributed by atoms with Crippen molar-refractivity contribution in [2.45, 2.75) is 38.5 Å². The third-order valence-corrected chi connectivity index (χ3v) is 6.63. The highest BCUT2D eigenvalue weighted by Crippen LogP contribution is 2.44. The van der Waals surface area contributed by atoms with Gasteiger partial charge in [0.05, 0.1) is 10.6 Å². The van der Waals surface area contributed by atoms with Crippen LogP contribution in [-0.2, 0) is 9.84 Å². The van der Waals surface area contributed by atoms with E-state index in [0.29, 0.717) is 9.88 Å². The summed E-state index contributed by atoms with van der Waals surface area (Å²) in [6, 6.07) is 0. The van der Waals surface area contributed by atoms with Gasteiger partial charge in [0.1, 0.15) is 9.90 Å².